The molecule has 0 saturated heterocycles. The van der Waals surface area contributed by atoms with Crippen molar-refractivity contribution in [3.63, 3.8) is 0 Å². The summed E-state index contributed by atoms with van der Waals surface area (Å²) in [6.45, 7) is 5.96. The number of hydrogen-bond acceptors (Lipinski definition) is 3. The van der Waals surface area contributed by atoms with Crippen molar-refractivity contribution in [3.05, 3.63) is 0 Å². The Hall–Kier alpha value is 0.679. The van der Waals surface area contributed by atoms with E-state index in [1.54, 1.807) is 0 Å². The standard InChI is InChI=1S/C6H14N.2C3H7O.CH3.Sn/c1-3-4-5-6(2)7;2*1-2-3-4;;/h6H,1,3-5,7H2,2H3;2*2-3H2,1H3;1H3;/q;2*-1;;+2. The van der Waals surface area contributed by atoms with Crippen LogP contribution in [0.3, 0.4) is 0 Å². The zero-order valence-corrected chi connectivity index (χ0v) is 15.0. The van der Waals surface area contributed by atoms with Gasteiger partial charge in [0.05, 0.1) is 0 Å². The minimum absolute atomic E-state index is 0.0694. The molecule has 0 heterocycles. The Balaban J connectivity index is -0.000000205. The van der Waals surface area contributed by atoms with Gasteiger partial charge in [-0.05, 0) is 0 Å². The van der Waals surface area contributed by atoms with Gasteiger partial charge in [-0.25, -0.2) is 0 Å². The summed E-state index contributed by atoms with van der Waals surface area (Å²) in [5.41, 5.74) is 5.59. The van der Waals surface area contributed by atoms with Crippen LogP contribution in [0, 0.1) is 0 Å². The van der Waals surface area contributed by atoms with E-state index >= 15 is 0 Å². The molecule has 0 amide bonds. The van der Waals surface area contributed by atoms with Gasteiger partial charge in [0.1, 0.15) is 0 Å². The van der Waals surface area contributed by atoms with Gasteiger partial charge in [-0.15, -0.1) is 13.2 Å². The van der Waals surface area contributed by atoms with Crippen LogP contribution in [-0.4, -0.2) is 40.4 Å². The number of unbranched alkanes of at least 4 members (excludes halogenated alkanes) is 1. The maximum atomic E-state index is 9.30. The molecule has 0 fully saturated rings. The maximum absolute atomic E-state index is 9.30. The molecule has 0 aliphatic heterocycles. The number of rotatable bonds is 7. The van der Waals surface area contributed by atoms with Gasteiger partial charge >= 0.3 is 68.5 Å². The van der Waals surface area contributed by atoms with Crippen LogP contribution in [0.15, 0.2) is 0 Å². The van der Waals surface area contributed by atoms with Crippen LogP contribution in [-0.2, 0) is 0 Å². The van der Waals surface area contributed by atoms with Crippen LogP contribution < -0.4 is 15.9 Å². The molecule has 0 radical (unpaired) electrons. The van der Waals surface area contributed by atoms with E-state index in [9.17, 15) is 10.2 Å². The van der Waals surface area contributed by atoms with Gasteiger partial charge in [-0.2, -0.15) is 0 Å². The van der Waals surface area contributed by atoms with Crippen molar-refractivity contribution in [1.29, 1.82) is 0 Å². The summed E-state index contributed by atoms with van der Waals surface area (Å²) in [4.78, 5) is 2.40. The van der Waals surface area contributed by atoms with Gasteiger partial charge in [-0.3, -0.25) is 0 Å². The average Bonchev–Trinajstić information content (AvgIpc) is 2.35. The first kappa shape index (κ1) is 22.8. The van der Waals surface area contributed by atoms with E-state index in [-0.39, 0.29) is 34.4 Å². The van der Waals surface area contributed by atoms with Crippen LogP contribution in [0.2, 0.25) is 9.38 Å². The van der Waals surface area contributed by atoms with Crippen molar-refractivity contribution in [2.24, 2.45) is 5.73 Å². The molecular formula is C13H31NO2Sn. The van der Waals surface area contributed by atoms with Gasteiger partial charge < -0.3 is 10.2 Å². The summed E-state index contributed by atoms with van der Waals surface area (Å²) in [5, 5.41) is 18.6. The van der Waals surface area contributed by atoms with Crippen LogP contribution in [0.4, 0.5) is 0 Å². The van der Waals surface area contributed by atoms with Crippen molar-refractivity contribution in [2.75, 3.05) is 13.2 Å². The predicted molar refractivity (Wildman–Crippen MR) is 74.2 cm³/mol. The Morgan fingerprint density at radius 2 is 1.47 bits per heavy atom. The van der Waals surface area contributed by atoms with Crippen molar-refractivity contribution in [3.8, 4) is 0 Å². The first-order valence-electron chi connectivity index (χ1n) is 6.66. The second-order valence-corrected chi connectivity index (χ2v) is 7.43. The summed E-state index contributed by atoms with van der Waals surface area (Å²) >= 11 is 0.107. The minimum atomic E-state index is 0.0694. The monoisotopic (exact) mass is 353 g/mol. The van der Waals surface area contributed by atoms with E-state index in [0.29, 0.717) is 6.04 Å². The molecule has 3 nitrogen and oxygen atoms in total. The Bertz CT molecular complexity index is 95.4. The predicted octanol–water partition coefficient (Wildman–Crippen LogP) is 1.19. The Morgan fingerprint density at radius 3 is 1.71 bits per heavy atom. The summed E-state index contributed by atoms with van der Waals surface area (Å²) in [5.74, 6) is 0. The van der Waals surface area contributed by atoms with Crippen LogP contribution in [0.1, 0.15) is 52.9 Å². The number of nitrogens with two attached hydrogens (primary N) is 1. The van der Waals surface area contributed by atoms with Gasteiger partial charge in [0, 0.05) is 0 Å². The molecule has 0 rings (SSSR count). The first-order valence-corrected chi connectivity index (χ1v) is 11.5. The quantitative estimate of drug-likeness (QED) is 0.553. The van der Waals surface area contributed by atoms with Gasteiger partial charge in [0.25, 0.3) is 0 Å². The third-order valence-corrected chi connectivity index (χ3v) is 4.18. The van der Waals surface area contributed by atoms with E-state index in [4.69, 9.17) is 5.73 Å². The van der Waals surface area contributed by atoms with Crippen LogP contribution in [0.25, 0.3) is 0 Å². The van der Waals surface area contributed by atoms with E-state index < -0.39 is 0 Å². The molecule has 1 atom stereocenters. The number of hydrogen-bond donors (Lipinski definition) is 1. The Kier molecular flexibility index (Phi) is 34.2. The van der Waals surface area contributed by atoms with E-state index in [1.165, 1.54) is 23.7 Å². The third kappa shape index (κ3) is 47.7. The molecule has 104 valence electrons. The van der Waals surface area contributed by atoms with Gasteiger partial charge in [0.15, 0.2) is 0 Å². The average molecular weight is 352 g/mol. The summed E-state index contributed by atoms with van der Waals surface area (Å²) in [6.07, 6.45) is 5.54. The third-order valence-electron chi connectivity index (χ3n) is 1.74. The zero-order chi connectivity index (χ0) is 13.9. The molecular weight excluding hydrogens is 321 g/mol. The molecule has 0 bridgehead atoms. The first-order chi connectivity index (χ1) is 8.10. The Morgan fingerprint density at radius 1 is 1.06 bits per heavy atom. The SMILES string of the molecule is CCC[O-].CCC[O-].[CH3][Sn+2][CH2]CCCC(C)N. The molecule has 17 heavy (non-hydrogen) atoms. The topological polar surface area (TPSA) is 72.1 Å². The van der Waals surface area contributed by atoms with Crippen LogP contribution in [0.5, 0.6) is 0 Å². The van der Waals surface area contributed by atoms with Crippen LogP contribution >= 0.6 is 0 Å². The fourth-order valence-corrected chi connectivity index (χ4v) is 2.49. The normalized spacial score (nSPS) is 10.3. The molecule has 0 aliphatic rings. The molecule has 1 unspecified atom stereocenters. The second-order valence-electron chi connectivity index (χ2n) is 3.98. The zero-order valence-electron chi connectivity index (χ0n) is 12.1. The molecule has 0 spiro atoms. The fourth-order valence-electron chi connectivity index (χ4n) is 0.768. The molecule has 0 aromatic rings. The van der Waals surface area contributed by atoms with Crippen molar-refractivity contribution >= 4 is 21.1 Å². The molecule has 0 aromatic carbocycles. The van der Waals surface area contributed by atoms with Crippen molar-refractivity contribution < 1.29 is 10.2 Å². The van der Waals surface area contributed by atoms with E-state index in [1.807, 2.05) is 13.8 Å². The summed E-state index contributed by atoms with van der Waals surface area (Å²) in [7, 11) is 0. The molecule has 4 heteroatoms. The molecule has 2 N–H and O–H groups in total. The van der Waals surface area contributed by atoms with Gasteiger partial charge in [0.2, 0.25) is 0 Å². The molecule has 0 saturated carbocycles. The molecule has 0 aliphatic carbocycles. The summed E-state index contributed by atoms with van der Waals surface area (Å²) in [6, 6.07) is 0.423. The van der Waals surface area contributed by atoms with Gasteiger partial charge in [-0.1, -0.05) is 26.7 Å². The second kappa shape index (κ2) is 25.5. The summed E-state index contributed by atoms with van der Waals surface area (Å²) < 4.78 is 1.54. The fraction of sp³-hybridized carbons (Fsp3) is 1.00. The van der Waals surface area contributed by atoms with E-state index in [2.05, 4.69) is 11.9 Å². The molecule has 0 aromatic heterocycles. The Labute approximate surface area is 118 Å². The van der Waals surface area contributed by atoms with E-state index in [0.717, 1.165) is 12.8 Å². The van der Waals surface area contributed by atoms with Crippen molar-refractivity contribution in [1.82, 2.24) is 0 Å². The van der Waals surface area contributed by atoms with Crippen molar-refractivity contribution in [2.45, 2.75) is 68.3 Å².